The van der Waals surface area contributed by atoms with Crippen LogP contribution in [0.5, 0.6) is 11.5 Å². The van der Waals surface area contributed by atoms with E-state index in [0.717, 1.165) is 50.0 Å². The van der Waals surface area contributed by atoms with Gasteiger partial charge in [0.15, 0.2) is 0 Å². The molecule has 1 aliphatic heterocycles. The van der Waals surface area contributed by atoms with E-state index in [4.69, 9.17) is 4.74 Å². The minimum absolute atomic E-state index is 0.869. The van der Waals surface area contributed by atoms with Crippen LogP contribution in [0.1, 0.15) is 5.56 Å². The quantitative estimate of drug-likeness (QED) is 0.693. The molecule has 0 amide bonds. The fraction of sp³-hybridized carbons (Fsp3) is 0.227. The Labute approximate surface area is 154 Å². The van der Waals surface area contributed by atoms with Crippen molar-refractivity contribution in [1.82, 2.24) is 9.88 Å². The topological polar surface area (TPSA) is 28.6 Å². The lowest BCUT2D eigenvalue weighted by atomic mass is 10.2. The highest BCUT2D eigenvalue weighted by Crippen LogP contribution is 2.23. The first-order valence-corrected chi connectivity index (χ1v) is 9.07. The predicted molar refractivity (Wildman–Crippen MR) is 105 cm³/mol. The van der Waals surface area contributed by atoms with Gasteiger partial charge in [0.1, 0.15) is 17.3 Å². The molecule has 1 saturated heterocycles. The molecular weight excluding hydrogens is 322 g/mol. The monoisotopic (exact) mass is 345 g/mol. The Morgan fingerprint density at radius 2 is 1.54 bits per heavy atom. The summed E-state index contributed by atoms with van der Waals surface area (Å²) in [5.74, 6) is 2.83. The van der Waals surface area contributed by atoms with Crippen molar-refractivity contribution in [3.63, 3.8) is 0 Å². The van der Waals surface area contributed by atoms with Crippen LogP contribution in [-0.4, -0.2) is 36.1 Å². The van der Waals surface area contributed by atoms with Gasteiger partial charge in [-0.1, -0.05) is 36.4 Å². The third kappa shape index (κ3) is 4.21. The molecule has 2 heterocycles. The number of hydrogen-bond acceptors (Lipinski definition) is 4. The zero-order valence-corrected chi connectivity index (χ0v) is 14.8. The molecule has 0 radical (unpaired) electrons. The Morgan fingerprint density at radius 3 is 2.31 bits per heavy atom. The average Bonchev–Trinajstić information content (AvgIpc) is 2.70. The van der Waals surface area contributed by atoms with E-state index in [9.17, 15) is 0 Å². The van der Waals surface area contributed by atoms with Gasteiger partial charge in [0.2, 0.25) is 0 Å². The maximum atomic E-state index is 5.95. The second kappa shape index (κ2) is 8.02. The molecule has 0 unspecified atom stereocenters. The molecule has 1 aromatic heterocycles. The first-order chi connectivity index (χ1) is 12.9. The summed E-state index contributed by atoms with van der Waals surface area (Å²) in [5.41, 5.74) is 1.28. The van der Waals surface area contributed by atoms with Crippen molar-refractivity contribution in [3.8, 4) is 11.5 Å². The zero-order valence-electron chi connectivity index (χ0n) is 14.8. The standard InChI is InChI=1S/C22H23N3O/c1-2-8-20(9-3-1)26-21-10-6-7-19(17-21)18-24-13-15-25(16-14-24)22-11-4-5-12-23-22/h1-12,17H,13-16,18H2. The third-order valence-corrected chi connectivity index (χ3v) is 4.63. The first kappa shape index (κ1) is 16.6. The van der Waals surface area contributed by atoms with E-state index in [-0.39, 0.29) is 0 Å². The largest absolute Gasteiger partial charge is 0.457 e. The van der Waals surface area contributed by atoms with Gasteiger partial charge in [-0.05, 0) is 42.0 Å². The van der Waals surface area contributed by atoms with Gasteiger partial charge in [0.05, 0.1) is 0 Å². The number of benzene rings is 2. The van der Waals surface area contributed by atoms with E-state index in [1.807, 2.05) is 54.7 Å². The summed E-state index contributed by atoms with van der Waals surface area (Å²) >= 11 is 0. The second-order valence-electron chi connectivity index (χ2n) is 6.51. The van der Waals surface area contributed by atoms with Crippen LogP contribution in [0.2, 0.25) is 0 Å². The number of anilines is 1. The molecule has 0 aliphatic carbocycles. The van der Waals surface area contributed by atoms with Crippen LogP contribution in [0.25, 0.3) is 0 Å². The molecule has 26 heavy (non-hydrogen) atoms. The lowest BCUT2D eigenvalue weighted by molar-refractivity contribution is 0.249. The Morgan fingerprint density at radius 1 is 0.769 bits per heavy atom. The third-order valence-electron chi connectivity index (χ3n) is 4.63. The van der Waals surface area contributed by atoms with Crippen molar-refractivity contribution in [3.05, 3.63) is 84.6 Å². The molecule has 0 bridgehead atoms. The van der Waals surface area contributed by atoms with E-state index >= 15 is 0 Å². The van der Waals surface area contributed by atoms with E-state index in [2.05, 4.69) is 39.0 Å². The van der Waals surface area contributed by atoms with E-state index in [1.165, 1.54) is 5.56 Å². The smallest absolute Gasteiger partial charge is 0.128 e. The van der Waals surface area contributed by atoms with Gasteiger partial charge in [-0.25, -0.2) is 4.98 Å². The number of para-hydroxylation sites is 1. The summed E-state index contributed by atoms with van der Waals surface area (Å²) in [4.78, 5) is 9.29. The fourth-order valence-corrected chi connectivity index (χ4v) is 3.27. The average molecular weight is 345 g/mol. The molecule has 132 valence electrons. The van der Waals surface area contributed by atoms with Crippen molar-refractivity contribution in [1.29, 1.82) is 0 Å². The molecule has 3 aromatic rings. The van der Waals surface area contributed by atoms with Gasteiger partial charge in [0, 0.05) is 38.9 Å². The normalized spacial score (nSPS) is 15.0. The molecule has 0 atom stereocenters. The number of rotatable bonds is 5. The molecule has 4 rings (SSSR count). The van der Waals surface area contributed by atoms with Gasteiger partial charge in [-0.15, -0.1) is 0 Å². The Balaban J connectivity index is 1.34. The number of ether oxygens (including phenoxy) is 1. The summed E-state index contributed by atoms with van der Waals surface area (Å²) in [6.45, 7) is 5.05. The van der Waals surface area contributed by atoms with E-state index < -0.39 is 0 Å². The van der Waals surface area contributed by atoms with Crippen LogP contribution < -0.4 is 9.64 Å². The summed E-state index contributed by atoms with van der Waals surface area (Å²) in [7, 11) is 0. The van der Waals surface area contributed by atoms with Crippen LogP contribution in [0.4, 0.5) is 5.82 Å². The summed E-state index contributed by atoms with van der Waals surface area (Å²) in [6.07, 6.45) is 1.86. The van der Waals surface area contributed by atoms with Crippen molar-refractivity contribution in [2.24, 2.45) is 0 Å². The molecule has 2 aromatic carbocycles. The molecular formula is C22H23N3O. The van der Waals surface area contributed by atoms with E-state index in [1.54, 1.807) is 0 Å². The first-order valence-electron chi connectivity index (χ1n) is 9.07. The number of aromatic nitrogens is 1. The summed E-state index contributed by atoms with van der Waals surface area (Å²) < 4.78 is 5.95. The molecule has 4 nitrogen and oxygen atoms in total. The zero-order chi connectivity index (χ0) is 17.6. The van der Waals surface area contributed by atoms with Crippen molar-refractivity contribution >= 4 is 5.82 Å². The van der Waals surface area contributed by atoms with E-state index in [0.29, 0.717) is 0 Å². The summed E-state index contributed by atoms with van der Waals surface area (Å²) in [5, 5.41) is 0. The second-order valence-corrected chi connectivity index (χ2v) is 6.51. The summed E-state index contributed by atoms with van der Waals surface area (Å²) in [6, 6.07) is 24.4. The molecule has 4 heteroatoms. The highest BCUT2D eigenvalue weighted by Gasteiger charge is 2.18. The maximum Gasteiger partial charge on any atom is 0.128 e. The highest BCUT2D eigenvalue weighted by molar-refractivity contribution is 5.38. The molecule has 1 fully saturated rings. The molecule has 0 spiro atoms. The van der Waals surface area contributed by atoms with Gasteiger partial charge in [-0.3, -0.25) is 4.90 Å². The maximum absolute atomic E-state index is 5.95. The van der Waals surface area contributed by atoms with Gasteiger partial charge in [-0.2, -0.15) is 0 Å². The number of piperazine rings is 1. The minimum atomic E-state index is 0.869. The van der Waals surface area contributed by atoms with Crippen LogP contribution in [0.15, 0.2) is 79.0 Å². The SMILES string of the molecule is c1ccc(Oc2cccc(CN3CCN(c4ccccn4)CC3)c2)cc1. The van der Waals surface area contributed by atoms with Crippen molar-refractivity contribution in [2.45, 2.75) is 6.54 Å². The van der Waals surface area contributed by atoms with Crippen LogP contribution in [-0.2, 0) is 6.54 Å². The highest BCUT2D eigenvalue weighted by atomic mass is 16.5. The van der Waals surface area contributed by atoms with Crippen molar-refractivity contribution < 1.29 is 4.74 Å². The van der Waals surface area contributed by atoms with Crippen LogP contribution in [0, 0.1) is 0 Å². The minimum Gasteiger partial charge on any atom is -0.457 e. The van der Waals surface area contributed by atoms with Crippen LogP contribution in [0.3, 0.4) is 0 Å². The lowest BCUT2D eigenvalue weighted by Crippen LogP contribution is -2.46. The van der Waals surface area contributed by atoms with Crippen molar-refractivity contribution in [2.75, 3.05) is 31.1 Å². The molecule has 0 N–H and O–H groups in total. The number of pyridine rings is 1. The van der Waals surface area contributed by atoms with Gasteiger partial charge >= 0.3 is 0 Å². The van der Waals surface area contributed by atoms with Crippen LogP contribution >= 0.6 is 0 Å². The Bertz CT molecular complexity index is 815. The number of hydrogen-bond donors (Lipinski definition) is 0. The molecule has 1 aliphatic rings. The Kier molecular flexibility index (Phi) is 5.12. The molecule has 0 saturated carbocycles. The Hall–Kier alpha value is -2.85. The number of nitrogens with zero attached hydrogens (tertiary/aromatic N) is 3. The lowest BCUT2D eigenvalue weighted by Gasteiger charge is -2.35. The van der Waals surface area contributed by atoms with Gasteiger partial charge in [0.25, 0.3) is 0 Å². The predicted octanol–water partition coefficient (Wildman–Crippen LogP) is 4.20. The fourth-order valence-electron chi connectivity index (χ4n) is 3.27. The van der Waals surface area contributed by atoms with Gasteiger partial charge < -0.3 is 9.64 Å².